The summed E-state index contributed by atoms with van der Waals surface area (Å²) in [6.07, 6.45) is -5.56. The van der Waals surface area contributed by atoms with Crippen LogP contribution >= 0.6 is 0 Å². The van der Waals surface area contributed by atoms with Crippen LogP contribution in [0.1, 0.15) is 18.1 Å². The van der Waals surface area contributed by atoms with Crippen LogP contribution < -0.4 is 25.6 Å². The first kappa shape index (κ1) is 28.3. The zero-order chi connectivity index (χ0) is 30.6. The number of alkyl halides is 3. The Hall–Kier alpha value is -3.53. The topological polar surface area (TPSA) is 127 Å². The van der Waals surface area contributed by atoms with Gasteiger partial charge in [0, 0.05) is 38.3 Å². The highest BCUT2D eigenvalue weighted by Crippen LogP contribution is 2.46. The van der Waals surface area contributed by atoms with Crippen molar-refractivity contribution in [1.82, 2.24) is 20.3 Å². The Morgan fingerprint density at radius 2 is 1.81 bits per heavy atom. The van der Waals surface area contributed by atoms with E-state index in [0.29, 0.717) is 38.5 Å². The minimum atomic E-state index is -5.05. The molecule has 0 saturated carbocycles. The van der Waals surface area contributed by atoms with Gasteiger partial charge in [-0.25, -0.2) is 27.2 Å². The molecule has 3 N–H and O–H groups in total. The van der Waals surface area contributed by atoms with Gasteiger partial charge in [-0.15, -0.1) is 0 Å². The second-order valence-corrected chi connectivity index (χ2v) is 13.9. The molecule has 4 aliphatic rings. The highest BCUT2D eigenvalue weighted by atomic mass is 32.2. The Morgan fingerprint density at radius 3 is 2.49 bits per heavy atom. The molecular weight excluding hydrogens is 597 g/mol. The molecule has 0 radical (unpaired) electrons. The third kappa shape index (κ3) is 4.43. The zero-order valence-corrected chi connectivity index (χ0v) is 24.0. The molecule has 3 aromatic rings. The number of nitrogen functional groups attached to an aromatic ring is 1. The summed E-state index contributed by atoms with van der Waals surface area (Å²) in [6.45, 7) is 5.26. The Bertz CT molecular complexity index is 1770. The predicted molar refractivity (Wildman–Crippen MR) is 149 cm³/mol. The van der Waals surface area contributed by atoms with Crippen LogP contribution in [0.4, 0.5) is 39.4 Å². The van der Waals surface area contributed by atoms with Crippen LogP contribution in [0, 0.1) is 30.4 Å². The van der Waals surface area contributed by atoms with Gasteiger partial charge < -0.3 is 25.6 Å². The molecule has 0 aliphatic carbocycles. The summed E-state index contributed by atoms with van der Waals surface area (Å²) >= 11 is 0. The first-order valence-electron chi connectivity index (χ1n) is 13.9. The van der Waals surface area contributed by atoms with Crippen molar-refractivity contribution < 1.29 is 35.1 Å². The maximum Gasteiger partial charge on any atom is 0.417 e. The van der Waals surface area contributed by atoms with Crippen LogP contribution in [0.5, 0.6) is 5.88 Å². The van der Waals surface area contributed by atoms with E-state index < -0.39 is 61.8 Å². The van der Waals surface area contributed by atoms with Crippen LogP contribution in [-0.4, -0.2) is 79.7 Å². The van der Waals surface area contributed by atoms with Gasteiger partial charge in [-0.2, -0.15) is 18.2 Å². The molecule has 6 heterocycles. The molecule has 10 nitrogen and oxygen atoms in total. The molecule has 0 amide bonds. The number of fused-ring (bicyclic) bond motifs is 2. The van der Waals surface area contributed by atoms with Gasteiger partial charge in [-0.05, 0) is 37.3 Å². The Kier molecular flexibility index (Phi) is 6.23. The van der Waals surface area contributed by atoms with Gasteiger partial charge in [0.15, 0.2) is 15.7 Å². The van der Waals surface area contributed by atoms with Gasteiger partial charge in [0.2, 0.25) is 11.8 Å². The number of rotatable bonds is 3. The van der Waals surface area contributed by atoms with Crippen molar-refractivity contribution in [3.05, 3.63) is 28.8 Å². The van der Waals surface area contributed by atoms with Crippen molar-refractivity contribution in [2.45, 2.75) is 32.2 Å². The minimum Gasteiger partial charge on any atom is -0.472 e. The maximum atomic E-state index is 16.6. The zero-order valence-electron chi connectivity index (χ0n) is 23.2. The second kappa shape index (κ2) is 9.48. The number of aromatic nitrogens is 3. The lowest BCUT2D eigenvalue weighted by Crippen LogP contribution is -2.57. The fourth-order valence-corrected chi connectivity index (χ4v) is 8.36. The summed E-state index contributed by atoms with van der Waals surface area (Å²) < 4.78 is 103. The van der Waals surface area contributed by atoms with Crippen molar-refractivity contribution in [3.8, 4) is 17.1 Å². The van der Waals surface area contributed by atoms with Crippen molar-refractivity contribution >= 4 is 38.2 Å². The molecule has 3 saturated heterocycles. The molecule has 2 atom stereocenters. The van der Waals surface area contributed by atoms with Gasteiger partial charge in [-0.1, -0.05) is 0 Å². The van der Waals surface area contributed by atoms with Gasteiger partial charge >= 0.3 is 6.18 Å². The third-order valence-electron chi connectivity index (χ3n) is 8.98. The van der Waals surface area contributed by atoms with E-state index in [1.54, 1.807) is 11.8 Å². The van der Waals surface area contributed by atoms with Crippen LogP contribution in [0.15, 0.2) is 6.07 Å². The normalized spacial score (nSPS) is 23.8. The standard InChI is InChI=1S/C27H28F5N7O3S/c1-11-19(27(30,31)32)15(5-16(33)20(11)28)22-21(29)23-18-24(39-4-3-34-6-17(39)12(2)42-25(18)35-22)37-26(36-23)38-7-13(8-38)14-9-43(40,41)10-14/h5,12-14,17,34H,3-4,6-10,33H2,1-2H3/t12-,17-/m0/s1. The number of ether oxygens (including phenoxy) is 1. The van der Waals surface area contributed by atoms with E-state index in [4.69, 9.17) is 15.5 Å². The molecule has 0 unspecified atom stereocenters. The quantitative estimate of drug-likeness (QED) is 0.332. The summed E-state index contributed by atoms with van der Waals surface area (Å²) in [6, 6.07) is 0.484. The SMILES string of the molecule is Cc1c(F)c(N)cc(-c2nc3c4c(nc(N5CC(C6CS(=O)(=O)C6)C5)nc4c2F)N2CCNC[C@H]2[C@H](C)O3)c1C(F)(F)F. The molecule has 4 aliphatic heterocycles. The largest absolute Gasteiger partial charge is 0.472 e. The molecule has 7 rings (SSSR count). The fraction of sp³-hybridized carbons (Fsp3) is 0.519. The summed E-state index contributed by atoms with van der Waals surface area (Å²) in [5.74, 6) is -1.62. The number of benzene rings is 1. The second-order valence-electron chi connectivity index (χ2n) is 11.8. The van der Waals surface area contributed by atoms with E-state index in [-0.39, 0.29) is 52.1 Å². The fourth-order valence-electron chi connectivity index (χ4n) is 6.61. The van der Waals surface area contributed by atoms with Crippen LogP contribution in [0.25, 0.3) is 22.2 Å². The van der Waals surface area contributed by atoms with Crippen molar-refractivity contribution in [1.29, 1.82) is 0 Å². The maximum absolute atomic E-state index is 16.6. The Labute approximate surface area is 243 Å². The van der Waals surface area contributed by atoms with Gasteiger partial charge in [0.1, 0.15) is 34.3 Å². The van der Waals surface area contributed by atoms with E-state index in [1.165, 1.54) is 0 Å². The number of pyridine rings is 1. The molecule has 16 heteroatoms. The molecule has 3 fully saturated rings. The van der Waals surface area contributed by atoms with E-state index in [1.807, 2.05) is 4.90 Å². The Balaban J connectivity index is 1.42. The average Bonchev–Trinajstić information content (AvgIpc) is 3.01. The number of hydrogen-bond acceptors (Lipinski definition) is 10. The first-order valence-corrected chi connectivity index (χ1v) is 15.7. The summed E-state index contributed by atoms with van der Waals surface area (Å²) in [5.41, 5.74) is 1.24. The van der Waals surface area contributed by atoms with E-state index in [0.717, 1.165) is 13.0 Å². The predicted octanol–water partition coefficient (Wildman–Crippen LogP) is 2.92. The minimum absolute atomic E-state index is 0.0298. The molecule has 0 bridgehead atoms. The van der Waals surface area contributed by atoms with Crippen LogP contribution in [0.2, 0.25) is 0 Å². The smallest absolute Gasteiger partial charge is 0.417 e. The summed E-state index contributed by atoms with van der Waals surface area (Å²) in [4.78, 5) is 17.3. The lowest BCUT2D eigenvalue weighted by Gasteiger charge is -2.46. The lowest BCUT2D eigenvalue weighted by atomic mass is 9.88. The summed E-state index contributed by atoms with van der Waals surface area (Å²) in [5, 5.41) is 3.42. The first-order chi connectivity index (χ1) is 20.2. The monoisotopic (exact) mass is 625 g/mol. The number of nitrogens with one attached hydrogen (secondary N) is 1. The van der Waals surface area contributed by atoms with Crippen molar-refractivity contribution in [2.24, 2.45) is 11.8 Å². The van der Waals surface area contributed by atoms with E-state index >= 15 is 4.39 Å². The van der Waals surface area contributed by atoms with Gasteiger partial charge in [0.05, 0.1) is 28.8 Å². The van der Waals surface area contributed by atoms with Gasteiger partial charge in [0.25, 0.3) is 0 Å². The number of halogens is 5. The van der Waals surface area contributed by atoms with Gasteiger partial charge in [-0.3, -0.25) is 0 Å². The highest BCUT2D eigenvalue weighted by Gasteiger charge is 2.46. The van der Waals surface area contributed by atoms with E-state index in [9.17, 15) is 26.0 Å². The number of nitrogens with zero attached hydrogens (tertiary/aromatic N) is 5. The molecule has 230 valence electrons. The molecule has 2 aromatic heterocycles. The van der Waals surface area contributed by atoms with Crippen LogP contribution in [0.3, 0.4) is 0 Å². The third-order valence-corrected chi connectivity index (χ3v) is 10.8. The summed E-state index contributed by atoms with van der Waals surface area (Å²) in [7, 11) is -3.00. The highest BCUT2D eigenvalue weighted by molar-refractivity contribution is 7.92. The molecule has 0 spiro atoms. The lowest BCUT2D eigenvalue weighted by molar-refractivity contribution is -0.137. The number of piperazine rings is 1. The van der Waals surface area contributed by atoms with Crippen LogP contribution in [-0.2, 0) is 16.0 Å². The Morgan fingerprint density at radius 1 is 1.09 bits per heavy atom. The number of sulfone groups is 1. The van der Waals surface area contributed by atoms with Crippen molar-refractivity contribution in [2.75, 3.05) is 59.8 Å². The average molecular weight is 626 g/mol. The number of hydrogen-bond donors (Lipinski definition) is 2. The number of anilines is 3. The molecule has 1 aromatic carbocycles. The van der Waals surface area contributed by atoms with Crippen molar-refractivity contribution in [3.63, 3.8) is 0 Å². The van der Waals surface area contributed by atoms with E-state index in [2.05, 4.69) is 15.3 Å². The molecule has 43 heavy (non-hydrogen) atoms. The molecular formula is C27H28F5N7O3S. The number of nitrogens with two attached hydrogens (primary N) is 1.